The van der Waals surface area contributed by atoms with E-state index in [0.29, 0.717) is 16.9 Å². The molecule has 8 heteroatoms. The first-order chi connectivity index (χ1) is 16.5. The zero-order chi connectivity index (χ0) is 23.8. The molecule has 3 N–H and O–H groups in total. The number of hydrogen-bond donors (Lipinski definition) is 2. The molecule has 0 unspecified atom stereocenters. The van der Waals surface area contributed by atoms with Gasteiger partial charge in [-0.1, -0.05) is 48.5 Å². The van der Waals surface area contributed by atoms with Crippen LogP contribution in [0.2, 0.25) is 0 Å². The average molecular weight is 467 g/mol. The van der Waals surface area contributed by atoms with Crippen molar-refractivity contribution < 1.29 is 9.84 Å². The van der Waals surface area contributed by atoms with Gasteiger partial charge in [0.1, 0.15) is 17.4 Å². The maximum absolute atomic E-state index is 14.0. The monoisotopic (exact) mass is 466 g/mol. The Labute approximate surface area is 199 Å². The summed E-state index contributed by atoms with van der Waals surface area (Å²) in [5, 5.41) is 19.7. The summed E-state index contributed by atoms with van der Waals surface area (Å²) >= 11 is 5.79. The van der Waals surface area contributed by atoms with Crippen molar-refractivity contribution in [3.8, 4) is 29.1 Å². The number of nitriles is 1. The van der Waals surface area contributed by atoms with E-state index in [9.17, 15) is 15.2 Å². The lowest BCUT2D eigenvalue weighted by atomic mass is 9.85. The Morgan fingerprint density at radius 3 is 2.03 bits per heavy atom. The van der Waals surface area contributed by atoms with Crippen LogP contribution in [0.25, 0.3) is 11.4 Å². The predicted molar refractivity (Wildman–Crippen MR) is 130 cm³/mol. The third kappa shape index (κ3) is 3.36. The van der Waals surface area contributed by atoms with Gasteiger partial charge in [-0.05, 0) is 54.2 Å². The Bertz CT molecular complexity index is 1580. The van der Waals surface area contributed by atoms with Crippen LogP contribution >= 0.6 is 12.2 Å². The molecule has 7 nitrogen and oxygen atoms in total. The van der Waals surface area contributed by atoms with Crippen molar-refractivity contribution in [1.82, 2.24) is 9.13 Å². The molecular weight excluding hydrogens is 448 g/mol. The van der Waals surface area contributed by atoms with Crippen LogP contribution < -0.4 is 16.0 Å². The smallest absolute Gasteiger partial charge is 0.266 e. The van der Waals surface area contributed by atoms with Gasteiger partial charge < -0.3 is 15.6 Å². The number of nitrogens with two attached hydrogens (primary N) is 1. The van der Waals surface area contributed by atoms with Crippen LogP contribution in [0.4, 0.5) is 0 Å². The summed E-state index contributed by atoms with van der Waals surface area (Å²) in [7, 11) is 0. The first kappa shape index (κ1) is 21.2. The second-order valence-electron chi connectivity index (χ2n) is 7.66. The van der Waals surface area contributed by atoms with Crippen LogP contribution in [-0.4, -0.2) is 14.2 Å². The van der Waals surface area contributed by atoms with Gasteiger partial charge in [-0.15, -0.1) is 0 Å². The number of aromatic nitrogens is 2. The molecule has 0 amide bonds. The molecule has 0 aliphatic carbocycles. The number of benzene rings is 3. The minimum atomic E-state index is -0.817. The van der Waals surface area contributed by atoms with Crippen molar-refractivity contribution in [2.45, 2.75) is 5.92 Å². The normalized spacial score (nSPS) is 14.7. The topological polar surface area (TPSA) is 106 Å². The molecule has 1 aliphatic heterocycles. The van der Waals surface area contributed by atoms with Gasteiger partial charge in [-0.3, -0.25) is 13.9 Å². The lowest BCUT2D eigenvalue weighted by molar-refractivity contribution is 0.361. The summed E-state index contributed by atoms with van der Waals surface area (Å²) in [6, 6.07) is 26.7. The van der Waals surface area contributed by atoms with Gasteiger partial charge in [0.05, 0.1) is 22.9 Å². The molecule has 0 bridgehead atoms. The summed E-state index contributed by atoms with van der Waals surface area (Å²) in [6.45, 7) is 0. The van der Waals surface area contributed by atoms with Crippen LogP contribution in [0.3, 0.4) is 0 Å². The summed E-state index contributed by atoms with van der Waals surface area (Å²) in [5.41, 5.74) is 7.95. The van der Waals surface area contributed by atoms with E-state index in [1.807, 2.05) is 48.5 Å². The Kier molecular flexibility index (Phi) is 5.24. The standard InChI is InChI=1S/C26H18N4O3S/c27-15-20-21(16-11-13-19(31)14-12-16)22-24(32)29(17-7-3-1-4-8-17)26(34)30(25(22)33-23(20)28)18-9-5-2-6-10-18/h1-14,21,31H,28H2/t21-/m0/s1. The minimum Gasteiger partial charge on any atom is -0.508 e. The van der Waals surface area contributed by atoms with Crippen LogP contribution in [-0.2, 0) is 0 Å². The zero-order valence-corrected chi connectivity index (χ0v) is 18.6. The van der Waals surface area contributed by atoms with Crippen LogP contribution in [0, 0.1) is 16.1 Å². The van der Waals surface area contributed by atoms with E-state index in [-0.39, 0.29) is 33.4 Å². The summed E-state index contributed by atoms with van der Waals surface area (Å²) in [4.78, 5) is 14.0. The van der Waals surface area contributed by atoms with Gasteiger partial charge in [0.15, 0.2) is 4.77 Å². The van der Waals surface area contributed by atoms with Gasteiger partial charge in [0.2, 0.25) is 11.8 Å². The Morgan fingerprint density at radius 1 is 0.912 bits per heavy atom. The molecule has 4 aromatic rings. The van der Waals surface area contributed by atoms with E-state index in [0.717, 1.165) is 0 Å². The highest BCUT2D eigenvalue weighted by Crippen LogP contribution is 2.41. The highest BCUT2D eigenvalue weighted by Gasteiger charge is 2.36. The fourth-order valence-electron chi connectivity index (χ4n) is 4.13. The number of hydrogen-bond acceptors (Lipinski definition) is 6. The number of nitrogens with zero attached hydrogens (tertiary/aromatic N) is 3. The molecule has 2 heterocycles. The Balaban J connectivity index is 1.94. The molecule has 1 aromatic heterocycles. The summed E-state index contributed by atoms with van der Waals surface area (Å²) < 4.78 is 9.18. The lowest BCUT2D eigenvalue weighted by Gasteiger charge is -2.29. The summed E-state index contributed by atoms with van der Waals surface area (Å²) in [6.07, 6.45) is 0. The molecule has 0 radical (unpaired) electrons. The maximum atomic E-state index is 14.0. The summed E-state index contributed by atoms with van der Waals surface area (Å²) in [5.74, 6) is -0.706. The van der Waals surface area contributed by atoms with Crippen molar-refractivity contribution in [2.24, 2.45) is 5.73 Å². The van der Waals surface area contributed by atoms with Crippen LogP contribution in [0.1, 0.15) is 17.0 Å². The number of para-hydroxylation sites is 2. The number of allylic oxidation sites excluding steroid dienone is 1. The average Bonchev–Trinajstić information content (AvgIpc) is 2.85. The number of phenolic OH excluding ortho intramolecular Hbond substituents is 1. The van der Waals surface area contributed by atoms with Crippen LogP contribution in [0.15, 0.2) is 101 Å². The Morgan fingerprint density at radius 2 is 1.47 bits per heavy atom. The first-order valence-electron chi connectivity index (χ1n) is 10.4. The van der Waals surface area contributed by atoms with E-state index >= 15 is 0 Å². The zero-order valence-electron chi connectivity index (χ0n) is 17.8. The third-order valence-electron chi connectivity index (χ3n) is 5.67. The number of phenols is 1. The van der Waals surface area contributed by atoms with Crippen molar-refractivity contribution in [2.75, 3.05) is 0 Å². The van der Waals surface area contributed by atoms with Crippen molar-refractivity contribution >= 4 is 12.2 Å². The Hall–Kier alpha value is -4.61. The molecule has 1 aliphatic rings. The molecule has 166 valence electrons. The molecular formula is C26H18N4O3S. The van der Waals surface area contributed by atoms with E-state index in [2.05, 4.69) is 6.07 Å². The molecule has 0 fully saturated rings. The maximum Gasteiger partial charge on any atom is 0.266 e. The van der Waals surface area contributed by atoms with Gasteiger partial charge in [-0.2, -0.15) is 5.26 Å². The van der Waals surface area contributed by atoms with Gasteiger partial charge in [0.25, 0.3) is 5.56 Å². The molecule has 0 saturated carbocycles. The molecule has 5 rings (SSSR count). The first-order valence-corrected chi connectivity index (χ1v) is 10.8. The highest BCUT2D eigenvalue weighted by atomic mass is 32.1. The molecule has 0 spiro atoms. The second kappa shape index (κ2) is 8.39. The SMILES string of the molecule is N#CC1=C(N)Oc2c(c(=O)n(-c3ccccc3)c(=S)n2-c2ccccc2)[C@H]1c1ccc(O)cc1. The van der Waals surface area contributed by atoms with E-state index in [4.69, 9.17) is 22.7 Å². The molecule has 0 saturated heterocycles. The van der Waals surface area contributed by atoms with Crippen molar-refractivity contribution in [3.05, 3.63) is 123 Å². The number of fused-ring (bicyclic) bond motifs is 1. The number of aromatic hydroxyl groups is 1. The highest BCUT2D eigenvalue weighted by molar-refractivity contribution is 7.71. The van der Waals surface area contributed by atoms with Gasteiger partial charge in [-0.25, -0.2) is 0 Å². The van der Waals surface area contributed by atoms with Crippen LogP contribution in [0.5, 0.6) is 11.6 Å². The van der Waals surface area contributed by atoms with Gasteiger partial charge >= 0.3 is 0 Å². The number of rotatable bonds is 3. The van der Waals surface area contributed by atoms with Crippen molar-refractivity contribution in [3.63, 3.8) is 0 Å². The number of ether oxygens (including phenoxy) is 1. The largest absolute Gasteiger partial charge is 0.508 e. The molecule has 34 heavy (non-hydrogen) atoms. The van der Waals surface area contributed by atoms with Crippen molar-refractivity contribution in [1.29, 1.82) is 5.26 Å². The molecule has 3 aromatic carbocycles. The van der Waals surface area contributed by atoms with E-state index in [1.165, 1.54) is 16.7 Å². The lowest BCUT2D eigenvalue weighted by Crippen LogP contribution is -2.34. The fourth-order valence-corrected chi connectivity index (χ4v) is 4.51. The van der Waals surface area contributed by atoms with E-state index in [1.54, 1.807) is 28.8 Å². The van der Waals surface area contributed by atoms with E-state index < -0.39 is 11.5 Å². The van der Waals surface area contributed by atoms with Gasteiger partial charge in [0, 0.05) is 0 Å². The fraction of sp³-hybridized carbons (Fsp3) is 0.0385. The quantitative estimate of drug-likeness (QED) is 0.437. The third-order valence-corrected chi connectivity index (χ3v) is 6.04. The predicted octanol–water partition coefficient (Wildman–Crippen LogP) is 4.28. The molecule has 1 atom stereocenters. The second-order valence-corrected chi connectivity index (χ2v) is 8.03. The minimum absolute atomic E-state index is 0.0634.